The Morgan fingerprint density at radius 2 is 2.00 bits per heavy atom. The molecular formula is C14H25NO4. The van der Waals surface area contributed by atoms with E-state index >= 15 is 0 Å². The molecule has 0 radical (unpaired) electrons. The van der Waals surface area contributed by atoms with Crippen LogP contribution >= 0.6 is 0 Å². The summed E-state index contributed by atoms with van der Waals surface area (Å²) in [4.78, 5) is 14.0. The Hall–Kier alpha value is -0.810. The number of rotatable bonds is 3. The molecule has 0 atom stereocenters. The molecule has 2 heterocycles. The average Bonchev–Trinajstić information content (AvgIpc) is 2.25. The maximum atomic E-state index is 12.2. The second-order valence-corrected chi connectivity index (χ2v) is 7.05. The Labute approximate surface area is 114 Å². The van der Waals surface area contributed by atoms with E-state index < -0.39 is 11.1 Å². The van der Waals surface area contributed by atoms with Crippen LogP contribution in [0.4, 0.5) is 4.79 Å². The van der Waals surface area contributed by atoms with E-state index in [4.69, 9.17) is 9.47 Å². The smallest absolute Gasteiger partial charge is 0.410 e. The molecular weight excluding hydrogens is 246 g/mol. The van der Waals surface area contributed by atoms with Gasteiger partial charge in [0.25, 0.3) is 0 Å². The fraction of sp³-hybridized carbons (Fsp3) is 0.929. The standard InChI is InChI=1S/C14H25NO4/c1-12(2,3)19-11(17)15-6-5-13(10-18-4)7-14(15,8-13)9-16/h16H,5-10H2,1-4H3. The quantitative estimate of drug-likeness (QED) is 0.850. The normalized spacial score (nSPS) is 33.8. The molecule has 1 N–H and O–H groups in total. The number of aliphatic hydroxyl groups excluding tert-OH is 1. The van der Waals surface area contributed by atoms with Crippen molar-refractivity contribution < 1.29 is 19.4 Å². The van der Waals surface area contributed by atoms with Crippen LogP contribution in [0, 0.1) is 5.41 Å². The van der Waals surface area contributed by atoms with Crippen LogP contribution in [0.5, 0.6) is 0 Å². The Morgan fingerprint density at radius 3 is 2.47 bits per heavy atom. The van der Waals surface area contributed by atoms with Gasteiger partial charge in [-0.25, -0.2) is 4.79 Å². The van der Waals surface area contributed by atoms with Crippen LogP contribution in [-0.2, 0) is 9.47 Å². The summed E-state index contributed by atoms with van der Waals surface area (Å²) in [5, 5.41) is 9.70. The number of hydrogen-bond acceptors (Lipinski definition) is 4. The number of nitrogens with zero attached hydrogens (tertiary/aromatic N) is 1. The molecule has 0 unspecified atom stereocenters. The van der Waals surface area contributed by atoms with Crippen LogP contribution in [0.15, 0.2) is 0 Å². The van der Waals surface area contributed by atoms with Gasteiger partial charge in [-0.1, -0.05) is 0 Å². The molecule has 1 amide bonds. The number of aliphatic hydroxyl groups is 1. The second kappa shape index (κ2) is 4.63. The Balaban J connectivity index is 2.06. The summed E-state index contributed by atoms with van der Waals surface area (Å²) in [6.45, 7) is 6.91. The average molecular weight is 271 g/mol. The van der Waals surface area contributed by atoms with Gasteiger partial charge in [0.2, 0.25) is 0 Å². The molecule has 1 aliphatic carbocycles. The van der Waals surface area contributed by atoms with E-state index in [0.717, 1.165) is 19.3 Å². The number of ether oxygens (including phenoxy) is 2. The molecule has 5 nitrogen and oxygen atoms in total. The number of carbonyl (C=O) groups excluding carboxylic acids is 1. The van der Waals surface area contributed by atoms with Gasteiger partial charge in [0.1, 0.15) is 5.60 Å². The largest absolute Gasteiger partial charge is 0.444 e. The van der Waals surface area contributed by atoms with Gasteiger partial charge < -0.3 is 19.5 Å². The van der Waals surface area contributed by atoms with Gasteiger partial charge >= 0.3 is 6.09 Å². The minimum atomic E-state index is -0.501. The Kier molecular flexibility index (Phi) is 3.56. The molecule has 3 fully saturated rings. The van der Waals surface area contributed by atoms with Crippen LogP contribution in [0.1, 0.15) is 40.0 Å². The van der Waals surface area contributed by atoms with Crippen molar-refractivity contribution in [1.29, 1.82) is 0 Å². The topological polar surface area (TPSA) is 59.0 Å². The van der Waals surface area contributed by atoms with Gasteiger partial charge in [-0.3, -0.25) is 0 Å². The van der Waals surface area contributed by atoms with Crippen LogP contribution < -0.4 is 0 Å². The van der Waals surface area contributed by atoms with Crippen LogP contribution in [-0.4, -0.2) is 54.1 Å². The van der Waals surface area contributed by atoms with E-state index in [0.29, 0.717) is 13.2 Å². The zero-order valence-corrected chi connectivity index (χ0v) is 12.4. The van der Waals surface area contributed by atoms with Gasteiger partial charge in [0, 0.05) is 19.1 Å². The van der Waals surface area contributed by atoms with E-state index in [1.165, 1.54) is 0 Å². The minimum absolute atomic E-state index is 0.00227. The van der Waals surface area contributed by atoms with Gasteiger partial charge in [-0.2, -0.15) is 0 Å². The van der Waals surface area contributed by atoms with Crippen molar-refractivity contribution >= 4 is 6.09 Å². The number of piperidine rings is 2. The number of amides is 1. The Bertz CT molecular complexity index is 355. The third kappa shape index (κ3) is 2.58. The highest BCUT2D eigenvalue weighted by atomic mass is 16.6. The first-order valence-electron chi connectivity index (χ1n) is 6.86. The lowest BCUT2D eigenvalue weighted by Crippen LogP contribution is -2.71. The van der Waals surface area contributed by atoms with Crippen molar-refractivity contribution in [1.82, 2.24) is 4.90 Å². The fourth-order valence-corrected chi connectivity index (χ4v) is 3.58. The second-order valence-electron chi connectivity index (χ2n) is 7.05. The van der Waals surface area contributed by atoms with Gasteiger partial charge in [0.05, 0.1) is 18.8 Å². The van der Waals surface area contributed by atoms with E-state index in [9.17, 15) is 9.90 Å². The van der Waals surface area contributed by atoms with E-state index in [-0.39, 0.29) is 18.1 Å². The summed E-state index contributed by atoms with van der Waals surface area (Å²) in [5.41, 5.74) is -0.784. The van der Waals surface area contributed by atoms with Gasteiger partial charge in [0.15, 0.2) is 0 Å². The monoisotopic (exact) mass is 271 g/mol. The summed E-state index contributed by atoms with van der Waals surface area (Å²) in [6.07, 6.45) is 2.22. The summed E-state index contributed by atoms with van der Waals surface area (Å²) in [5.74, 6) is 0. The maximum Gasteiger partial charge on any atom is 0.410 e. The zero-order valence-electron chi connectivity index (χ0n) is 12.4. The lowest BCUT2D eigenvalue weighted by atomic mass is 9.53. The Morgan fingerprint density at radius 1 is 1.37 bits per heavy atom. The molecule has 2 saturated heterocycles. The number of carbonyl (C=O) groups is 1. The number of methoxy groups -OCH3 is 1. The fourth-order valence-electron chi connectivity index (χ4n) is 3.58. The predicted octanol–water partition coefficient (Wildman–Crippen LogP) is 1.78. The molecule has 0 aromatic carbocycles. The third-order valence-electron chi connectivity index (χ3n) is 4.21. The highest BCUT2D eigenvalue weighted by Crippen LogP contribution is 2.57. The van der Waals surface area contributed by atoms with Crippen molar-refractivity contribution in [2.45, 2.75) is 51.2 Å². The third-order valence-corrected chi connectivity index (χ3v) is 4.21. The van der Waals surface area contributed by atoms with Crippen molar-refractivity contribution in [3.05, 3.63) is 0 Å². The molecule has 3 rings (SSSR count). The molecule has 19 heavy (non-hydrogen) atoms. The number of fused-ring (bicyclic) bond motifs is 2. The van der Waals surface area contributed by atoms with Crippen molar-refractivity contribution in [2.75, 3.05) is 26.9 Å². The lowest BCUT2D eigenvalue weighted by Gasteiger charge is -2.64. The van der Waals surface area contributed by atoms with E-state index in [2.05, 4.69) is 0 Å². The molecule has 110 valence electrons. The van der Waals surface area contributed by atoms with Crippen LogP contribution in [0.25, 0.3) is 0 Å². The van der Waals surface area contributed by atoms with Crippen molar-refractivity contribution in [2.24, 2.45) is 5.41 Å². The molecule has 0 aromatic rings. The molecule has 1 saturated carbocycles. The molecule has 3 aliphatic rings. The van der Waals surface area contributed by atoms with Crippen LogP contribution in [0.2, 0.25) is 0 Å². The molecule has 5 heteroatoms. The molecule has 0 spiro atoms. The van der Waals surface area contributed by atoms with E-state index in [1.807, 2.05) is 20.8 Å². The van der Waals surface area contributed by atoms with E-state index in [1.54, 1.807) is 12.0 Å². The highest BCUT2D eigenvalue weighted by Gasteiger charge is 2.62. The molecule has 2 aliphatic heterocycles. The first-order chi connectivity index (χ1) is 8.76. The minimum Gasteiger partial charge on any atom is -0.444 e. The van der Waals surface area contributed by atoms with Gasteiger partial charge in [-0.15, -0.1) is 0 Å². The molecule has 0 aromatic heterocycles. The summed E-state index contributed by atoms with van der Waals surface area (Å²) in [6, 6.07) is 0. The summed E-state index contributed by atoms with van der Waals surface area (Å²) in [7, 11) is 1.70. The zero-order chi connectivity index (χ0) is 14.3. The SMILES string of the molecule is COCC12CCN(C(=O)OC(C)(C)C)C(CO)(C1)C2. The van der Waals surface area contributed by atoms with Crippen LogP contribution in [0.3, 0.4) is 0 Å². The van der Waals surface area contributed by atoms with Crippen molar-refractivity contribution in [3.8, 4) is 0 Å². The first kappa shape index (κ1) is 14.6. The number of hydrogen-bond donors (Lipinski definition) is 1. The van der Waals surface area contributed by atoms with Crippen molar-refractivity contribution in [3.63, 3.8) is 0 Å². The highest BCUT2D eigenvalue weighted by molar-refractivity contribution is 5.70. The lowest BCUT2D eigenvalue weighted by molar-refractivity contribution is -0.173. The summed E-state index contributed by atoms with van der Waals surface area (Å²) < 4.78 is 10.7. The predicted molar refractivity (Wildman–Crippen MR) is 70.9 cm³/mol. The summed E-state index contributed by atoms with van der Waals surface area (Å²) >= 11 is 0. The van der Waals surface area contributed by atoms with Gasteiger partial charge in [-0.05, 0) is 40.0 Å². The first-order valence-corrected chi connectivity index (χ1v) is 6.86. The maximum absolute atomic E-state index is 12.2. The molecule has 2 bridgehead atoms.